The van der Waals surface area contributed by atoms with Gasteiger partial charge >= 0.3 is 6.36 Å². The molecular weight excluding hydrogens is 513 g/mol. The first-order valence-corrected chi connectivity index (χ1v) is 11.9. The molecule has 10 heteroatoms. The maximum Gasteiger partial charge on any atom is 0.573 e. The van der Waals surface area contributed by atoms with E-state index in [1.807, 2.05) is 62.4 Å². The summed E-state index contributed by atoms with van der Waals surface area (Å²) in [5, 5.41) is 14.6. The molecule has 2 N–H and O–H groups in total. The summed E-state index contributed by atoms with van der Waals surface area (Å²) in [5.41, 5.74) is 8.05. The molecule has 0 saturated carbocycles. The van der Waals surface area contributed by atoms with Crippen LogP contribution in [0.5, 0.6) is 5.75 Å². The van der Waals surface area contributed by atoms with Crippen molar-refractivity contribution in [3.8, 4) is 17.1 Å². The number of nitrogens with one attached hydrogen (secondary N) is 2. The third-order valence-corrected chi connectivity index (χ3v) is 6.13. The number of rotatable bonds is 5. The highest BCUT2D eigenvalue weighted by atomic mass is 32.1. The minimum Gasteiger partial charge on any atom is -0.406 e. The monoisotopic (exact) mass is 534 g/mol. The Balaban J connectivity index is 1.32. The number of thiocarbonyl (C=S) groups is 1. The van der Waals surface area contributed by atoms with Crippen LogP contribution in [0.25, 0.3) is 33.0 Å². The molecule has 38 heavy (non-hydrogen) atoms. The molecule has 5 aromatic rings. The van der Waals surface area contributed by atoms with E-state index >= 15 is 0 Å². The van der Waals surface area contributed by atoms with Crippen LogP contribution in [0, 0.1) is 13.8 Å². The third-order valence-electron chi connectivity index (χ3n) is 5.94. The van der Waals surface area contributed by atoms with Crippen LogP contribution in [0.3, 0.4) is 0 Å². The molecule has 0 spiro atoms. The first kappa shape index (κ1) is 25.2. The summed E-state index contributed by atoms with van der Waals surface area (Å²) in [7, 11) is 0. The maximum atomic E-state index is 12.4. The molecule has 1 heterocycles. The topological polar surface area (TPSA) is 71.7 Å². The van der Waals surface area contributed by atoms with Crippen molar-refractivity contribution in [3.63, 3.8) is 0 Å². The molecule has 4 aromatic carbocycles. The molecule has 0 aliphatic heterocycles. The first-order chi connectivity index (χ1) is 18.2. The molecule has 0 radical (unpaired) electrons. The minimum atomic E-state index is -4.75. The van der Waals surface area contributed by atoms with E-state index in [-0.39, 0.29) is 5.75 Å². The number of aromatic nitrogens is 1. The number of hydrogen-bond acceptors (Lipinski definition) is 5. The number of para-hydroxylation sites is 1. The lowest BCUT2D eigenvalue weighted by Gasteiger charge is -2.12. The molecule has 5 rings (SSSR count). The van der Waals surface area contributed by atoms with Gasteiger partial charge in [-0.2, -0.15) is 5.10 Å². The highest BCUT2D eigenvalue weighted by Crippen LogP contribution is 2.34. The van der Waals surface area contributed by atoms with Crippen molar-refractivity contribution in [2.24, 2.45) is 5.10 Å². The van der Waals surface area contributed by atoms with E-state index in [2.05, 4.69) is 25.7 Å². The Hall–Kier alpha value is -4.44. The normalized spacial score (nSPS) is 11.8. The van der Waals surface area contributed by atoms with Gasteiger partial charge in [0.05, 0.1) is 11.6 Å². The van der Waals surface area contributed by atoms with Gasteiger partial charge in [-0.05, 0) is 84.5 Å². The molecule has 0 atom stereocenters. The fourth-order valence-electron chi connectivity index (χ4n) is 4.17. The molecule has 192 valence electrons. The highest BCUT2D eigenvalue weighted by molar-refractivity contribution is 7.80. The quantitative estimate of drug-likeness (QED) is 0.138. The molecule has 0 aliphatic carbocycles. The number of ether oxygens (including phenoxy) is 1. The van der Waals surface area contributed by atoms with Crippen molar-refractivity contribution in [2.75, 3.05) is 5.32 Å². The van der Waals surface area contributed by atoms with Gasteiger partial charge < -0.3 is 14.6 Å². The molecule has 1 aromatic heterocycles. The third kappa shape index (κ3) is 5.45. The van der Waals surface area contributed by atoms with Gasteiger partial charge in [0, 0.05) is 16.6 Å². The second kappa shape index (κ2) is 10.1. The SMILES string of the molecule is Cc1cccc(C)c1NC(=S)N/N=C/c1ccc2c(ccc3c(-c4ccc(OC(F)(F)F)cc4)onc32)c1. The molecule has 0 aliphatic rings. The molecule has 0 fully saturated rings. The lowest BCUT2D eigenvalue weighted by atomic mass is 10.0. The van der Waals surface area contributed by atoms with E-state index in [0.29, 0.717) is 22.0 Å². The van der Waals surface area contributed by atoms with Crippen molar-refractivity contribution in [1.82, 2.24) is 10.6 Å². The average Bonchev–Trinajstić information content (AvgIpc) is 3.30. The van der Waals surface area contributed by atoms with E-state index in [1.165, 1.54) is 24.3 Å². The van der Waals surface area contributed by atoms with Gasteiger partial charge in [0.15, 0.2) is 10.9 Å². The van der Waals surface area contributed by atoms with Crippen molar-refractivity contribution in [3.05, 3.63) is 89.5 Å². The van der Waals surface area contributed by atoms with Crippen LogP contribution in [0.15, 0.2) is 82.4 Å². The molecule has 0 bridgehead atoms. The summed E-state index contributed by atoms with van der Waals surface area (Å²) in [5.74, 6) is 0.154. The summed E-state index contributed by atoms with van der Waals surface area (Å²) in [6, 6.07) is 21.0. The summed E-state index contributed by atoms with van der Waals surface area (Å²) < 4.78 is 46.8. The molecular formula is C28H21F3N4O2S. The van der Waals surface area contributed by atoms with Gasteiger partial charge in [-0.3, -0.25) is 5.43 Å². The number of hydrazone groups is 1. The number of halogens is 3. The lowest BCUT2D eigenvalue weighted by molar-refractivity contribution is -0.274. The Labute approximate surface area is 221 Å². The van der Waals surface area contributed by atoms with Crippen LogP contribution < -0.4 is 15.5 Å². The summed E-state index contributed by atoms with van der Waals surface area (Å²) in [4.78, 5) is 0. The van der Waals surface area contributed by atoms with Crippen molar-refractivity contribution < 1.29 is 22.4 Å². The summed E-state index contributed by atoms with van der Waals surface area (Å²) >= 11 is 5.36. The Morgan fingerprint density at radius 3 is 2.39 bits per heavy atom. The Morgan fingerprint density at radius 1 is 0.974 bits per heavy atom. The lowest BCUT2D eigenvalue weighted by Crippen LogP contribution is -2.24. The van der Waals surface area contributed by atoms with Crippen LogP contribution in [-0.4, -0.2) is 22.8 Å². The molecule has 0 unspecified atom stereocenters. The zero-order chi connectivity index (χ0) is 26.9. The zero-order valence-corrected chi connectivity index (χ0v) is 21.1. The van der Waals surface area contributed by atoms with Crippen molar-refractivity contribution in [2.45, 2.75) is 20.2 Å². The number of hydrogen-bond donors (Lipinski definition) is 2. The standard InChI is InChI=1S/C28H21F3N4O2S/c1-16-4-3-5-17(2)24(16)33-27(38)34-32-15-18-6-12-22-20(14-18)9-13-23-25(22)35-37-26(23)19-7-10-21(11-8-19)36-28(29,30)31/h3-15H,1-2H3,(H2,33,34,38)/b32-15+. The predicted octanol–water partition coefficient (Wildman–Crippen LogP) is 7.48. The van der Waals surface area contributed by atoms with E-state index in [1.54, 1.807) is 6.21 Å². The molecule has 0 saturated heterocycles. The fraction of sp³-hybridized carbons (Fsp3) is 0.107. The largest absolute Gasteiger partial charge is 0.573 e. The second-order valence-corrected chi connectivity index (χ2v) is 9.03. The van der Waals surface area contributed by atoms with Crippen molar-refractivity contribution >= 4 is 50.9 Å². The number of anilines is 1. The van der Waals surface area contributed by atoms with Gasteiger partial charge in [-0.25, -0.2) is 0 Å². The number of aryl methyl sites for hydroxylation is 2. The van der Waals surface area contributed by atoms with Gasteiger partial charge in [0.2, 0.25) is 0 Å². The minimum absolute atomic E-state index is 0.305. The number of fused-ring (bicyclic) bond motifs is 3. The van der Waals surface area contributed by atoms with Gasteiger partial charge in [-0.15, -0.1) is 13.2 Å². The Morgan fingerprint density at radius 2 is 1.68 bits per heavy atom. The zero-order valence-electron chi connectivity index (χ0n) is 20.3. The van der Waals surface area contributed by atoms with E-state index in [4.69, 9.17) is 16.7 Å². The second-order valence-electron chi connectivity index (χ2n) is 8.62. The van der Waals surface area contributed by atoms with E-state index in [0.717, 1.165) is 38.5 Å². The van der Waals surface area contributed by atoms with Crippen LogP contribution >= 0.6 is 12.2 Å². The van der Waals surface area contributed by atoms with Crippen LogP contribution in [0.2, 0.25) is 0 Å². The molecule has 6 nitrogen and oxygen atoms in total. The first-order valence-electron chi connectivity index (χ1n) is 11.5. The van der Waals surface area contributed by atoms with E-state index < -0.39 is 6.36 Å². The maximum absolute atomic E-state index is 12.4. The van der Waals surface area contributed by atoms with Crippen molar-refractivity contribution in [1.29, 1.82) is 0 Å². The van der Waals surface area contributed by atoms with Crippen LogP contribution in [0.4, 0.5) is 18.9 Å². The summed E-state index contributed by atoms with van der Waals surface area (Å²) in [6.07, 6.45) is -3.08. The Bertz CT molecular complexity index is 1660. The highest BCUT2D eigenvalue weighted by Gasteiger charge is 2.31. The predicted molar refractivity (Wildman–Crippen MR) is 147 cm³/mol. The van der Waals surface area contributed by atoms with Gasteiger partial charge in [-0.1, -0.05) is 41.6 Å². The van der Waals surface area contributed by atoms with Crippen LogP contribution in [-0.2, 0) is 0 Å². The Kier molecular flexibility index (Phi) is 6.73. The molecule has 0 amide bonds. The smallest absolute Gasteiger partial charge is 0.406 e. The number of alkyl halides is 3. The van der Waals surface area contributed by atoms with Gasteiger partial charge in [0.1, 0.15) is 11.3 Å². The average molecular weight is 535 g/mol. The fourth-order valence-corrected chi connectivity index (χ4v) is 4.32. The summed E-state index contributed by atoms with van der Waals surface area (Å²) in [6.45, 7) is 4.02. The number of nitrogens with zero attached hydrogens (tertiary/aromatic N) is 2. The van der Waals surface area contributed by atoms with Crippen LogP contribution in [0.1, 0.15) is 16.7 Å². The number of benzene rings is 4. The van der Waals surface area contributed by atoms with E-state index in [9.17, 15) is 13.2 Å². The van der Waals surface area contributed by atoms with Gasteiger partial charge in [0.25, 0.3) is 0 Å².